The van der Waals surface area contributed by atoms with Gasteiger partial charge in [0.15, 0.2) is 0 Å². The van der Waals surface area contributed by atoms with Crippen LogP contribution in [0.4, 0.5) is 0 Å². The number of aromatic nitrogens is 1. The molecule has 0 radical (unpaired) electrons. The zero-order chi connectivity index (χ0) is 8.27. The first-order valence-electron chi connectivity index (χ1n) is 3.03. The van der Waals surface area contributed by atoms with Gasteiger partial charge in [-0.15, -0.1) is 0 Å². The highest BCUT2D eigenvalue weighted by atomic mass is 35.5. The molecule has 11 heavy (non-hydrogen) atoms. The number of rotatable bonds is 2. The minimum atomic E-state index is -0.254. The molecule has 0 aliphatic heterocycles. The van der Waals surface area contributed by atoms with Crippen molar-refractivity contribution < 1.29 is 4.79 Å². The summed E-state index contributed by atoms with van der Waals surface area (Å²) in [4.78, 5) is 14.8. The first-order chi connectivity index (χ1) is 5.25. The number of halogens is 1. The predicted octanol–water partition coefficient (Wildman–Crippen LogP) is 2.10. The molecule has 2 nitrogen and oxygen atoms in total. The molecule has 0 saturated carbocycles. The molecule has 56 valence electrons. The van der Waals surface area contributed by atoms with Gasteiger partial charge in [0.25, 0.3) is 0 Å². The van der Waals surface area contributed by atoms with Crippen molar-refractivity contribution in [3.05, 3.63) is 41.7 Å². The molecule has 0 spiro atoms. The summed E-state index contributed by atoms with van der Waals surface area (Å²) in [6.07, 6.45) is 2.71. The molecule has 0 atom stereocenters. The lowest BCUT2D eigenvalue weighted by molar-refractivity contribution is 0.104. The highest BCUT2D eigenvalue weighted by molar-refractivity contribution is 6.34. The van der Waals surface area contributed by atoms with E-state index in [4.69, 9.17) is 11.6 Å². The van der Waals surface area contributed by atoms with Gasteiger partial charge in [0.2, 0.25) is 5.78 Å². The van der Waals surface area contributed by atoms with Crippen molar-refractivity contribution in [2.45, 2.75) is 0 Å². The SMILES string of the molecule is C=CC(=O)c1ncccc1Cl. The Hall–Kier alpha value is -1.15. The summed E-state index contributed by atoms with van der Waals surface area (Å²) in [5, 5.41) is 0.359. The van der Waals surface area contributed by atoms with Crippen LogP contribution in [0.25, 0.3) is 0 Å². The third kappa shape index (κ3) is 1.65. The van der Waals surface area contributed by atoms with E-state index in [1.165, 1.54) is 12.3 Å². The number of hydrogen-bond donors (Lipinski definition) is 0. The van der Waals surface area contributed by atoms with Gasteiger partial charge in [-0.2, -0.15) is 0 Å². The van der Waals surface area contributed by atoms with Crippen molar-refractivity contribution in [2.75, 3.05) is 0 Å². The molecule has 0 bridgehead atoms. The Morgan fingerprint density at radius 3 is 3.00 bits per heavy atom. The second kappa shape index (κ2) is 3.30. The summed E-state index contributed by atoms with van der Waals surface area (Å²) < 4.78 is 0. The summed E-state index contributed by atoms with van der Waals surface area (Å²) >= 11 is 5.67. The van der Waals surface area contributed by atoms with E-state index in [1.54, 1.807) is 12.1 Å². The van der Waals surface area contributed by atoms with Gasteiger partial charge in [-0.3, -0.25) is 9.78 Å². The van der Waals surface area contributed by atoms with E-state index in [2.05, 4.69) is 11.6 Å². The van der Waals surface area contributed by atoms with Crippen molar-refractivity contribution in [3.63, 3.8) is 0 Å². The summed E-state index contributed by atoms with van der Waals surface area (Å²) in [6.45, 7) is 3.33. The van der Waals surface area contributed by atoms with Crippen LogP contribution < -0.4 is 0 Å². The molecule has 0 unspecified atom stereocenters. The van der Waals surface area contributed by atoms with Crippen molar-refractivity contribution >= 4 is 17.4 Å². The average molecular weight is 168 g/mol. The molecule has 3 heteroatoms. The monoisotopic (exact) mass is 167 g/mol. The van der Waals surface area contributed by atoms with E-state index in [1.807, 2.05) is 0 Å². The fourth-order valence-corrected chi connectivity index (χ4v) is 0.878. The van der Waals surface area contributed by atoms with E-state index in [0.29, 0.717) is 5.02 Å². The predicted molar refractivity (Wildman–Crippen MR) is 43.8 cm³/mol. The Balaban J connectivity index is 3.13. The summed E-state index contributed by atoms with van der Waals surface area (Å²) in [7, 11) is 0. The van der Waals surface area contributed by atoms with Gasteiger partial charge in [0.1, 0.15) is 5.69 Å². The van der Waals surface area contributed by atoms with Crippen molar-refractivity contribution in [1.29, 1.82) is 0 Å². The standard InChI is InChI=1S/C8H6ClNO/c1-2-7(11)8-6(9)4-3-5-10-8/h2-5H,1H2. The third-order valence-corrected chi connectivity index (χ3v) is 1.48. The summed E-state index contributed by atoms with van der Waals surface area (Å²) in [5.74, 6) is -0.254. The molecule has 0 aromatic carbocycles. The maximum atomic E-state index is 11.0. The summed E-state index contributed by atoms with van der Waals surface area (Å²) in [5.41, 5.74) is 0.254. The Morgan fingerprint density at radius 2 is 2.45 bits per heavy atom. The van der Waals surface area contributed by atoms with Crippen LogP contribution in [0.2, 0.25) is 5.02 Å². The molecule has 0 saturated heterocycles. The van der Waals surface area contributed by atoms with Gasteiger partial charge in [0, 0.05) is 6.20 Å². The van der Waals surface area contributed by atoms with Crippen LogP contribution in [0.1, 0.15) is 10.5 Å². The van der Waals surface area contributed by atoms with Gasteiger partial charge >= 0.3 is 0 Å². The van der Waals surface area contributed by atoms with Crippen LogP contribution in [0.5, 0.6) is 0 Å². The second-order valence-corrected chi connectivity index (χ2v) is 2.31. The minimum Gasteiger partial charge on any atom is -0.288 e. The van der Waals surface area contributed by atoms with Crippen LogP contribution in [0, 0.1) is 0 Å². The molecule has 0 aliphatic rings. The summed E-state index contributed by atoms with van der Waals surface area (Å²) in [6, 6.07) is 3.29. The molecule has 0 amide bonds. The Labute approximate surface area is 69.5 Å². The molecule has 1 rings (SSSR count). The van der Waals surface area contributed by atoms with Gasteiger partial charge in [-0.25, -0.2) is 0 Å². The quantitative estimate of drug-likeness (QED) is 0.499. The van der Waals surface area contributed by atoms with Crippen molar-refractivity contribution in [3.8, 4) is 0 Å². The number of hydrogen-bond acceptors (Lipinski definition) is 2. The highest BCUT2D eigenvalue weighted by Crippen LogP contribution is 2.12. The maximum Gasteiger partial charge on any atom is 0.205 e. The lowest BCUT2D eigenvalue weighted by Crippen LogP contribution is -1.97. The van der Waals surface area contributed by atoms with E-state index in [0.717, 1.165) is 0 Å². The van der Waals surface area contributed by atoms with Gasteiger partial charge in [0.05, 0.1) is 5.02 Å². The maximum absolute atomic E-state index is 11.0. The largest absolute Gasteiger partial charge is 0.288 e. The lowest BCUT2D eigenvalue weighted by Gasteiger charge is -1.95. The topological polar surface area (TPSA) is 30.0 Å². The van der Waals surface area contributed by atoms with Gasteiger partial charge in [-0.1, -0.05) is 18.2 Å². The Kier molecular flexibility index (Phi) is 2.39. The van der Waals surface area contributed by atoms with Crippen LogP contribution >= 0.6 is 11.6 Å². The molecule has 1 aromatic rings. The van der Waals surface area contributed by atoms with Crippen LogP contribution in [0.15, 0.2) is 31.0 Å². The fourth-order valence-electron chi connectivity index (χ4n) is 0.664. The first kappa shape index (κ1) is 7.95. The normalized spacial score (nSPS) is 9.18. The van der Waals surface area contributed by atoms with Crippen LogP contribution in [0.3, 0.4) is 0 Å². The number of carbonyl (C=O) groups excluding carboxylic acids is 1. The number of carbonyl (C=O) groups is 1. The zero-order valence-electron chi connectivity index (χ0n) is 5.75. The number of allylic oxidation sites excluding steroid dienone is 1. The van der Waals surface area contributed by atoms with E-state index in [9.17, 15) is 4.79 Å². The second-order valence-electron chi connectivity index (χ2n) is 1.90. The van der Waals surface area contributed by atoms with E-state index >= 15 is 0 Å². The molecular weight excluding hydrogens is 162 g/mol. The first-order valence-corrected chi connectivity index (χ1v) is 3.41. The Morgan fingerprint density at radius 1 is 1.73 bits per heavy atom. The number of nitrogens with zero attached hydrogens (tertiary/aromatic N) is 1. The molecule has 1 heterocycles. The van der Waals surface area contributed by atoms with E-state index < -0.39 is 0 Å². The molecule has 1 aromatic heterocycles. The molecule has 0 aliphatic carbocycles. The lowest BCUT2D eigenvalue weighted by atomic mass is 10.2. The number of pyridine rings is 1. The zero-order valence-corrected chi connectivity index (χ0v) is 6.51. The van der Waals surface area contributed by atoms with E-state index in [-0.39, 0.29) is 11.5 Å². The highest BCUT2D eigenvalue weighted by Gasteiger charge is 2.05. The smallest absolute Gasteiger partial charge is 0.205 e. The molecule has 0 N–H and O–H groups in total. The average Bonchev–Trinajstić information content (AvgIpc) is 2.04. The van der Waals surface area contributed by atoms with Gasteiger partial charge in [-0.05, 0) is 18.2 Å². The minimum absolute atomic E-state index is 0.254. The third-order valence-electron chi connectivity index (χ3n) is 1.18. The fraction of sp³-hybridized carbons (Fsp3) is 0. The molecule has 0 fully saturated rings. The molecular formula is C8H6ClNO. The van der Waals surface area contributed by atoms with Crippen molar-refractivity contribution in [1.82, 2.24) is 4.98 Å². The van der Waals surface area contributed by atoms with Crippen LogP contribution in [-0.4, -0.2) is 10.8 Å². The van der Waals surface area contributed by atoms with Crippen LogP contribution in [-0.2, 0) is 0 Å². The van der Waals surface area contributed by atoms with Crippen molar-refractivity contribution in [2.24, 2.45) is 0 Å². The Bertz CT molecular complexity index is 296. The number of ketones is 1. The van der Waals surface area contributed by atoms with Gasteiger partial charge < -0.3 is 0 Å².